The van der Waals surface area contributed by atoms with Crippen LogP contribution in [0.25, 0.3) is 5.69 Å². The van der Waals surface area contributed by atoms with E-state index in [-0.39, 0.29) is 11.8 Å². The van der Waals surface area contributed by atoms with Gasteiger partial charge in [0.15, 0.2) is 3.95 Å². The topological polar surface area (TPSA) is 60.3 Å². The van der Waals surface area contributed by atoms with Crippen molar-refractivity contribution in [2.75, 3.05) is 0 Å². The van der Waals surface area contributed by atoms with E-state index >= 15 is 0 Å². The molecule has 0 unspecified atom stereocenters. The van der Waals surface area contributed by atoms with Crippen LogP contribution in [0.5, 0.6) is 5.88 Å². The number of hydrogen-bond donors (Lipinski definition) is 1. The van der Waals surface area contributed by atoms with Crippen LogP contribution in [0.3, 0.4) is 0 Å². The lowest BCUT2D eigenvalue weighted by Gasteiger charge is -2.30. The third-order valence-corrected chi connectivity index (χ3v) is 6.15. The number of nitrogens with zero attached hydrogens (tertiary/aromatic N) is 1. The fourth-order valence-corrected chi connectivity index (χ4v) is 4.96. The largest absolute Gasteiger partial charge is 0.406 e. The summed E-state index contributed by atoms with van der Waals surface area (Å²) in [5, 5.41) is 3.33. The second-order valence-electron chi connectivity index (χ2n) is 6.34. The number of aromatic nitrogens is 1. The number of ether oxygens (including phenoxy) is 1. The van der Waals surface area contributed by atoms with Gasteiger partial charge in [0.25, 0.3) is 0 Å². The normalized spacial score (nSPS) is 18.3. The number of benzene rings is 2. The van der Waals surface area contributed by atoms with Gasteiger partial charge in [0, 0.05) is 11.9 Å². The van der Waals surface area contributed by atoms with Gasteiger partial charge < -0.3 is 10.1 Å². The predicted octanol–water partition coefficient (Wildman–Crippen LogP) is 4.48. The molecule has 0 bridgehead atoms. The molecule has 2 heterocycles. The van der Waals surface area contributed by atoms with Crippen LogP contribution >= 0.6 is 35.2 Å². The number of amides is 1. The molecule has 0 aliphatic carbocycles. The number of carbonyl (C=O) groups excluding carboxylic acids is 2. The van der Waals surface area contributed by atoms with Crippen molar-refractivity contribution in [3.63, 3.8) is 0 Å². The van der Waals surface area contributed by atoms with E-state index in [1.807, 2.05) is 42.5 Å². The van der Waals surface area contributed by atoms with Crippen molar-refractivity contribution in [1.29, 1.82) is 0 Å². The van der Waals surface area contributed by atoms with E-state index in [4.69, 9.17) is 28.6 Å². The summed E-state index contributed by atoms with van der Waals surface area (Å²) in [4.78, 5) is 25.3. The van der Waals surface area contributed by atoms with Gasteiger partial charge in [-0.25, -0.2) is 4.79 Å². The molecule has 5 nitrogen and oxygen atoms in total. The van der Waals surface area contributed by atoms with Crippen molar-refractivity contribution in [2.24, 2.45) is 0 Å². The smallest absolute Gasteiger partial charge is 0.336 e. The first kappa shape index (κ1) is 18.9. The lowest BCUT2D eigenvalue weighted by Crippen LogP contribution is -2.48. The van der Waals surface area contributed by atoms with Crippen LogP contribution in [0.2, 0.25) is 5.02 Å². The zero-order valence-corrected chi connectivity index (χ0v) is 17.1. The molecule has 1 N–H and O–H groups in total. The fourth-order valence-electron chi connectivity index (χ4n) is 3.29. The van der Waals surface area contributed by atoms with Gasteiger partial charge in [-0.2, -0.15) is 0 Å². The van der Waals surface area contributed by atoms with Crippen molar-refractivity contribution in [1.82, 2.24) is 9.88 Å². The lowest BCUT2D eigenvalue weighted by atomic mass is 9.88. The van der Waals surface area contributed by atoms with Crippen LogP contribution in [0.1, 0.15) is 23.3 Å². The first-order valence-electron chi connectivity index (χ1n) is 8.51. The number of carbonyl (C=O) groups is 2. The molecule has 0 fully saturated rings. The van der Waals surface area contributed by atoms with Gasteiger partial charge in [0.1, 0.15) is 6.04 Å². The van der Waals surface area contributed by atoms with E-state index in [0.29, 0.717) is 14.9 Å². The average Bonchev–Trinajstić information content (AvgIpc) is 2.99. The zero-order valence-electron chi connectivity index (χ0n) is 14.7. The van der Waals surface area contributed by atoms with Crippen LogP contribution in [0.4, 0.5) is 0 Å². The molecular weight excluding hydrogens is 416 g/mol. The summed E-state index contributed by atoms with van der Waals surface area (Å²) in [6.45, 7) is 1.38. The molecular formula is C20H15ClN2O3S2. The van der Waals surface area contributed by atoms with Crippen molar-refractivity contribution < 1.29 is 14.3 Å². The monoisotopic (exact) mass is 430 g/mol. The van der Waals surface area contributed by atoms with Crippen LogP contribution in [0.15, 0.2) is 54.6 Å². The zero-order chi connectivity index (χ0) is 19.8. The van der Waals surface area contributed by atoms with Crippen molar-refractivity contribution in [3.05, 3.63) is 74.0 Å². The summed E-state index contributed by atoms with van der Waals surface area (Å²) in [5.74, 6) is -0.821. The first-order valence-corrected chi connectivity index (χ1v) is 10.1. The van der Waals surface area contributed by atoms with E-state index in [1.54, 1.807) is 16.7 Å². The average molecular weight is 431 g/mol. The molecule has 4 rings (SSSR count). The summed E-state index contributed by atoms with van der Waals surface area (Å²) in [6, 6.07) is 15.9. The molecule has 1 aliphatic rings. The lowest BCUT2D eigenvalue weighted by molar-refractivity contribution is -0.140. The Morgan fingerprint density at radius 1 is 1.18 bits per heavy atom. The maximum Gasteiger partial charge on any atom is 0.336 e. The van der Waals surface area contributed by atoms with E-state index in [2.05, 4.69) is 5.32 Å². The molecule has 1 amide bonds. The molecule has 1 aliphatic heterocycles. The maximum atomic E-state index is 12.8. The van der Waals surface area contributed by atoms with Crippen molar-refractivity contribution in [2.45, 2.75) is 18.9 Å². The summed E-state index contributed by atoms with van der Waals surface area (Å²) < 4.78 is 7.93. The van der Waals surface area contributed by atoms with Crippen molar-refractivity contribution >= 4 is 47.0 Å². The van der Waals surface area contributed by atoms with Crippen LogP contribution in [0, 0.1) is 3.95 Å². The Hall–Kier alpha value is -2.48. The van der Waals surface area contributed by atoms with Crippen molar-refractivity contribution in [3.8, 4) is 11.6 Å². The Morgan fingerprint density at radius 2 is 1.86 bits per heavy atom. The summed E-state index contributed by atoms with van der Waals surface area (Å²) in [5.41, 5.74) is 1.66. The highest BCUT2D eigenvalue weighted by molar-refractivity contribution is 7.73. The SMILES string of the molecule is CC(=O)N[C@H]1C(=O)Oc2c(sc(=S)n2-c2ccc(Cl)cc2)[C@H]1c1ccccc1. The summed E-state index contributed by atoms with van der Waals surface area (Å²) in [6.07, 6.45) is 0. The number of hydrogen-bond acceptors (Lipinski definition) is 5. The van der Waals surface area contributed by atoms with Gasteiger partial charge >= 0.3 is 5.97 Å². The van der Waals surface area contributed by atoms with Gasteiger partial charge in [-0.1, -0.05) is 41.9 Å². The van der Waals surface area contributed by atoms with Crippen LogP contribution in [-0.2, 0) is 9.59 Å². The molecule has 142 valence electrons. The summed E-state index contributed by atoms with van der Waals surface area (Å²) in [7, 11) is 0. The number of nitrogens with one attached hydrogen (secondary N) is 1. The van der Waals surface area contributed by atoms with E-state index in [0.717, 1.165) is 16.1 Å². The van der Waals surface area contributed by atoms with Gasteiger partial charge in [-0.15, -0.1) is 11.3 Å². The fraction of sp³-hybridized carbons (Fsp3) is 0.150. The number of fused-ring (bicyclic) bond motifs is 1. The van der Waals surface area contributed by atoms with Gasteiger partial charge in [-0.05, 0) is 42.0 Å². The Balaban J connectivity index is 1.91. The highest BCUT2D eigenvalue weighted by atomic mass is 35.5. The van der Waals surface area contributed by atoms with E-state index in [9.17, 15) is 9.59 Å². The molecule has 0 saturated heterocycles. The minimum absolute atomic E-state index is 0.299. The Kier molecular flexibility index (Phi) is 5.05. The molecule has 1 aromatic heterocycles. The molecule has 0 saturated carbocycles. The van der Waals surface area contributed by atoms with Gasteiger partial charge in [0.2, 0.25) is 11.8 Å². The first-order chi connectivity index (χ1) is 13.5. The predicted molar refractivity (Wildman–Crippen MR) is 111 cm³/mol. The molecule has 0 spiro atoms. The third-order valence-electron chi connectivity index (χ3n) is 4.46. The molecule has 8 heteroatoms. The second-order valence-corrected chi connectivity index (χ2v) is 8.45. The Morgan fingerprint density at radius 3 is 2.50 bits per heavy atom. The Labute approximate surface area is 175 Å². The van der Waals surface area contributed by atoms with Crippen LogP contribution < -0.4 is 10.1 Å². The van der Waals surface area contributed by atoms with E-state index in [1.165, 1.54) is 18.3 Å². The van der Waals surface area contributed by atoms with E-state index < -0.39 is 12.0 Å². The molecule has 28 heavy (non-hydrogen) atoms. The highest BCUT2D eigenvalue weighted by Crippen LogP contribution is 2.44. The third kappa shape index (κ3) is 3.37. The van der Waals surface area contributed by atoms with Gasteiger partial charge in [0.05, 0.1) is 16.5 Å². The quantitative estimate of drug-likeness (QED) is 0.491. The minimum atomic E-state index is -0.820. The van der Waals surface area contributed by atoms with Gasteiger partial charge in [-0.3, -0.25) is 9.36 Å². The number of esters is 1. The molecule has 0 radical (unpaired) electrons. The molecule has 3 aromatic rings. The number of rotatable bonds is 3. The highest BCUT2D eigenvalue weighted by Gasteiger charge is 2.42. The Bertz CT molecular complexity index is 1110. The minimum Gasteiger partial charge on any atom is -0.406 e. The standard InChI is InChI=1S/C20H15ClN2O3S2/c1-11(24)22-16-15(12-5-3-2-4-6-12)17-18(26-19(16)25)23(20(27)28-17)14-9-7-13(21)8-10-14/h2-10,15-16H,1H3,(H,22,24)/t15-,16+/m0/s1. The molecule has 2 aromatic carbocycles. The summed E-state index contributed by atoms with van der Waals surface area (Å²) >= 11 is 12.9. The second kappa shape index (κ2) is 7.50. The molecule has 2 atom stereocenters. The number of thiazole rings is 1. The van der Waals surface area contributed by atoms with Crippen LogP contribution in [-0.4, -0.2) is 22.5 Å². The number of halogens is 1. The maximum absolute atomic E-state index is 12.8.